The van der Waals surface area contributed by atoms with Crippen LogP contribution in [0.5, 0.6) is 11.5 Å². The fourth-order valence-corrected chi connectivity index (χ4v) is 2.31. The van der Waals surface area contributed by atoms with Gasteiger partial charge in [0.05, 0.1) is 0 Å². The minimum absolute atomic E-state index is 0.236. The van der Waals surface area contributed by atoms with Crippen LogP contribution in [0.4, 0.5) is 0 Å². The number of hydrogen-bond acceptors (Lipinski definition) is 2. The second-order valence-corrected chi connectivity index (χ2v) is 4.64. The summed E-state index contributed by atoms with van der Waals surface area (Å²) in [6.07, 6.45) is 4.82. The van der Waals surface area contributed by atoms with E-state index in [1.807, 2.05) is 30.3 Å². The number of hydrogen-bond donors (Lipinski definition) is 2. The summed E-state index contributed by atoms with van der Waals surface area (Å²) in [5.74, 6) is 0.480. The van der Waals surface area contributed by atoms with E-state index in [1.165, 1.54) is 0 Å². The van der Waals surface area contributed by atoms with E-state index in [9.17, 15) is 10.2 Å². The first-order chi connectivity index (χ1) is 9.67. The molecule has 0 spiro atoms. The summed E-state index contributed by atoms with van der Waals surface area (Å²) in [6.45, 7) is 7.44. The van der Waals surface area contributed by atoms with E-state index in [0.29, 0.717) is 12.8 Å². The molecule has 0 heterocycles. The Morgan fingerprint density at radius 2 is 1.55 bits per heavy atom. The lowest BCUT2D eigenvalue weighted by atomic mass is 9.94. The Hall–Kier alpha value is -2.48. The van der Waals surface area contributed by atoms with E-state index < -0.39 is 0 Å². The average Bonchev–Trinajstić information content (AvgIpc) is 2.43. The molecule has 0 bridgehead atoms. The zero-order chi connectivity index (χ0) is 14.5. The quantitative estimate of drug-likeness (QED) is 0.795. The summed E-state index contributed by atoms with van der Waals surface area (Å²) in [5, 5.41) is 20.0. The van der Waals surface area contributed by atoms with Gasteiger partial charge in [0.1, 0.15) is 11.5 Å². The summed E-state index contributed by atoms with van der Waals surface area (Å²) in [6, 6.07) is 10.8. The van der Waals surface area contributed by atoms with Crippen molar-refractivity contribution >= 4 is 0 Å². The van der Waals surface area contributed by atoms with Crippen molar-refractivity contribution in [2.24, 2.45) is 0 Å². The topological polar surface area (TPSA) is 40.5 Å². The third-order valence-corrected chi connectivity index (χ3v) is 3.23. The molecular weight excluding hydrogens is 248 g/mol. The number of allylic oxidation sites excluding steroid dienone is 2. The molecular formula is C18H18O2. The molecule has 0 saturated heterocycles. The van der Waals surface area contributed by atoms with Gasteiger partial charge in [-0.3, -0.25) is 0 Å². The molecule has 0 unspecified atom stereocenters. The molecule has 0 radical (unpaired) electrons. The van der Waals surface area contributed by atoms with Crippen LogP contribution in [0.15, 0.2) is 61.7 Å². The van der Waals surface area contributed by atoms with Crippen molar-refractivity contribution in [1.82, 2.24) is 0 Å². The van der Waals surface area contributed by atoms with Gasteiger partial charge in [0.15, 0.2) is 0 Å². The van der Waals surface area contributed by atoms with Gasteiger partial charge in [0.25, 0.3) is 0 Å². The Morgan fingerprint density at radius 3 is 2.25 bits per heavy atom. The van der Waals surface area contributed by atoms with Gasteiger partial charge in [0, 0.05) is 5.56 Å². The normalized spacial score (nSPS) is 10.2. The highest BCUT2D eigenvalue weighted by Gasteiger charge is 2.11. The minimum atomic E-state index is 0.236. The molecule has 0 saturated carbocycles. The van der Waals surface area contributed by atoms with Crippen molar-refractivity contribution in [3.8, 4) is 22.6 Å². The average molecular weight is 266 g/mol. The standard InChI is InChI=1S/C18H18O2/c1-3-6-13-8-5-9-17(20)18(13)15-10-11-16(19)14(12-15)7-4-2/h3-5,8-12,19-20H,1-2,6-7H2. The number of phenolic OH excluding ortho intramolecular Hbond substituents is 2. The second-order valence-electron chi connectivity index (χ2n) is 4.64. The van der Waals surface area contributed by atoms with Crippen LogP contribution in [0.1, 0.15) is 11.1 Å². The lowest BCUT2D eigenvalue weighted by Gasteiger charge is -2.12. The van der Waals surface area contributed by atoms with Gasteiger partial charge in [-0.05, 0) is 47.7 Å². The third-order valence-electron chi connectivity index (χ3n) is 3.23. The highest BCUT2D eigenvalue weighted by Crippen LogP contribution is 2.35. The van der Waals surface area contributed by atoms with Gasteiger partial charge in [-0.25, -0.2) is 0 Å². The third kappa shape index (κ3) is 2.75. The van der Waals surface area contributed by atoms with Gasteiger partial charge in [-0.1, -0.05) is 30.4 Å². The fourth-order valence-electron chi connectivity index (χ4n) is 2.31. The molecule has 0 aliphatic rings. The van der Waals surface area contributed by atoms with Crippen LogP contribution < -0.4 is 0 Å². The predicted molar refractivity (Wildman–Crippen MR) is 83.0 cm³/mol. The molecule has 2 nitrogen and oxygen atoms in total. The largest absolute Gasteiger partial charge is 0.508 e. The van der Waals surface area contributed by atoms with E-state index >= 15 is 0 Å². The number of benzene rings is 2. The number of rotatable bonds is 5. The first-order valence-corrected chi connectivity index (χ1v) is 6.52. The highest BCUT2D eigenvalue weighted by atomic mass is 16.3. The van der Waals surface area contributed by atoms with Crippen LogP contribution in [0.3, 0.4) is 0 Å². The predicted octanol–water partition coefficient (Wildman–Crippen LogP) is 4.22. The van der Waals surface area contributed by atoms with Crippen molar-refractivity contribution in [2.75, 3.05) is 0 Å². The molecule has 0 aliphatic heterocycles. The fraction of sp³-hybridized carbons (Fsp3) is 0.111. The molecule has 2 aromatic rings. The summed E-state index contributed by atoms with van der Waals surface area (Å²) in [4.78, 5) is 0. The van der Waals surface area contributed by atoms with E-state index in [2.05, 4.69) is 13.2 Å². The molecule has 0 amide bonds. The van der Waals surface area contributed by atoms with Crippen molar-refractivity contribution in [1.29, 1.82) is 0 Å². The summed E-state index contributed by atoms with van der Waals surface area (Å²) >= 11 is 0. The van der Waals surface area contributed by atoms with Crippen LogP contribution in [-0.2, 0) is 12.8 Å². The first kappa shape index (κ1) is 13.9. The molecule has 2 aromatic carbocycles. The Morgan fingerprint density at radius 1 is 0.850 bits per heavy atom. The van der Waals surface area contributed by atoms with Crippen LogP contribution in [0, 0.1) is 0 Å². The summed E-state index contributed by atoms with van der Waals surface area (Å²) < 4.78 is 0. The molecule has 102 valence electrons. The maximum absolute atomic E-state index is 10.1. The molecule has 0 fully saturated rings. The van der Waals surface area contributed by atoms with Gasteiger partial charge in [-0.15, -0.1) is 13.2 Å². The lowest BCUT2D eigenvalue weighted by molar-refractivity contribution is 0.469. The van der Waals surface area contributed by atoms with Crippen molar-refractivity contribution in [3.05, 3.63) is 72.8 Å². The van der Waals surface area contributed by atoms with E-state index in [1.54, 1.807) is 18.2 Å². The molecule has 2 heteroatoms. The van der Waals surface area contributed by atoms with E-state index in [-0.39, 0.29) is 11.5 Å². The van der Waals surface area contributed by atoms with Gasteiger partial charge >= 0.3 is 0 Å². The minimum Gasteiger partial charge on any atom is -0.508 e. The maximum Gasteiger partial charge on any atom is 0.123 e. The van der Waals surface area contributed by atoms with E-state index in [4.69, 9.17) is 0 Å². The van der Waals surface area contributed by atoms with Gasteiger partial charge in [-0.2, -0.15) is 0 Å². The maximum atomic E-state index is 10.1. The van der Waals surface area contributed by atoms with Crippen molar-refractivity contribution in [3.63, 3.8) is 0 Å². The molecule has 0 aliphatic carbocycles. The Kier molecular flexibility index (Phi) is 4.26. The van der Waals surface area contributed by atoms with Crippen molar-refractivity contribution in [2.45, 2.75) is 12.8 Å². The smallest absolute Gasteiger partial charge is 0.123 e. The second kappa shape index (κ2) is 6.11. The molecule has 20 heavy (non-hydrogen) atoms. The van der Waals surface area contributed by atoms with Crippen LogP contribution in [0.25, 0.3) is 11.1 Å². The molecule has 0 atom stereocenters. The monoisotopic (exact) mass is 266 g/mol. The molecule has 2 N–H and O–H groups in total. The SMILES string of the molecule is C=CCc1cc(-c2c(O)cccc2CC=C)ccc1O. The highest BCUT2D eigenvalue weighted by molar-refractivity contribution is 5.75. The Bertz CT molecular complexity index is 642. The van der Waals surface area contributed by atoms with Crippen molar-refractivity contribution < 1.29 is 10.2 Å². The summed E-state index contributed by atoms with van der Waals surface area (Å²) in [5.41, 5.74) is 3.48. The zero-order valence-electron chi connectivity index (χ0n) is 11.3. The van der Waals surface area contributed by atoms with Gasteiger partial charge in [0.2, 0.25) is 0 Å². The Labute approximate surface area is 119 Å². The summed E-state index contributed by atoms with van der Waals surface area (Å²) in [7, 11) is 0. The molecule has 0 aromatic heterocycles. The lowest BCUT2D eigenvalue weighted by Crippen LogP contribution is -1.91. The molecule has 2 rings (SSSR count). The van der Waals surface area contributed by atoms with Crippen LogP contribution in [0.2, 0.25) is 0 Å². The Balaban J connectivity index is 2.58. The van der Waals surface area contributed by atoms with Crippen LogP contribution >= 0.6 is 0 Å². The van der Waals surface area contributed by atoms with E-state index in [0.717, 1.165) is 22.3 Å². The van der Waals surface area contributed by atoms with Gasteiger partial charge < -0.3 is 10.2 Å². The number of phenols is 2. The number of aromatic hydroxyl groups is 2. The van der Waals surface area contributed by atoms with Crippen LogP contribution in [-0.4, -0.2) is 10.2 Å². The first-order valence-electron chi connectivity index (χ1n) is 6.52. The zero-order valence-corrected chi connectivity index (χ0v) is 11.3.